The van der Waals surface area contributed by atoms with Gasteiger partial charge < -0.3 is 5.43 Å². The van der Waals surface area contributed by atoms with Crippen LogP contribution >= 0.6 is 0 Å². The highest BCUT2D eigenvalue weighted by atomic mass is 16.6. The Hall–Kier alpha value is -2.15. The van der Waals surface area contributed by atoms with Gasteiger partial charge in [-0.15, -0.1) is 0 Å². The average molecular weight is 261 g/mol. The summed E-state index contributed by atoms with van der Waals surface area (Å²) < 4.78 is 0. The van der Waals surface area contributed by atoms with E-state index in [9.17, 15) is 10.1 Å². The summed E-state index contributed by atoms with van der Waals surface area (Å²) in [4.78, 5) is 10.5. The van der Waals surface area contributed by atoms with Gasteiger partial charge in [0, 0.05) is 17.3 Å². The van der Waals surface area contributed by atoms with Crippen molar-refractivity contribution in [3.8, 4) is 0 Å². The third-order valence-corrected chi connectivity index (χ3v) is 3.46. The molecule has 1 aromatic rings. The molecule has 1 heterocycles. The maximum Gasteiger partial charge on any atom is 0.294 e. The lowest BCUT2D eigenvalue weighted by molar-refractivity contribution is -0.384. The number of rotatable bonds is 3. The van der Waals surface area contributed by atoms with Crippen molar-refractivity contribution in [3.05, 3.63) is 33.9 Å². The molecular formula is C12H15N5O2. The second kappa shape index (κ2) is 4.85. The molecule has 0 bridgehead atoms. The molecule has 0 saturated heterocycles. The molecule has 0 amide bonds. The quantitative estimate of drug-likeness (QED) is 0.572. The van der Waals surface area contributed by atoms with Gasteiger partial charge >= 0.3 is 0 Å². The first-order chi connectivity index (χ1) is 9.25. The van der Waals surface area contributed by atoms with Crippen molar-refractivity contribution in [2.45, 2.75) is 31.8 Å². The number of hydrazine groups is 1. The van der Waals surface area contributed by atoms with Gasteiger partial charge in [0.25, 0.3) is 5.69 Å². The normalized spacial score (nSPS) is 20.8. The van der Waals surface area contributed by atoms with Crippen LogP contribution in [0.3, 0.4) is 0 Å². The van der Waals surface area contributed by atoms with Gasteiger partial charge in [0.2, 0.25) is 0 Å². The Morgan fingerprint density at radius 2 is 2.16 bits per heavy atom. The minimum atomic E-state index is -0.390. The highest BCUT2D eigenvalue weighted by Crippen LogP contribution is 2.34. The van der Waals surface area contributed by atoms with E-state index in [2.05, 4.69) is 21.4 Å². The molecule has 100 valence electrons. The number of hydrogen-bond acceptors (Lipinski definition) is 6. The SMILES string of the molecule is O=[N+]([O-])c1cccc2c1NNC2NN=C1CCCC1. The van der Waals surface area contributed by atoms with E-state index in [-0.39, 0.29) is 11.9 Å². The number of anilines is 1. The summed E-state index contributed by atoms with van der Waals surface area (Å²) in [6.07, 6.45) is 4.23. The van der Waals surface area contributed by atoms with Gasteiger partial charge in [-0.1, -0.05) is 12.1 Å². The fraction of sp³-hybridized carbons (Fsp3) is 0.417. The lowest BCUT2D eigenvalue weighted by Crippen LogP contribution is -2.29. The Labute approximate surface area is 110 Å². The first kappa shape index (κ1) is 11.9. The van der Waals surface area contributed by atoms with Gasteiger partial charge in [0.05, 0.1) is 4.92 Å². The van der Waals surface area contributed by atoms with Crippen molar-refractivity contribution in [2.24, 2.45) is 5.10 Å². The maximum atomic E-state index is 10.9. The molecule has 0 aromatic heterocycles. The molecule has 2 aliphatic rings. The molecule has 1 saturated carbocycles. The number of nitro benzene ring substituents is 1. The standard InChI is InChI=1S/C12H15N5O2/c18-17(19)10-7-3-6-9-11(10)14-16-12(9)15-13-8-4-1-2-5-8/h3,6-7,12,14-16H,1-2,4-5H2. The lowest BCUT2D eigenvalue weighted by Gasteiger charge is -2.10. The summed E-state index contributed by atoms with van der Waals surface area (Å²) in [6, 6.07) is 5.02. The van der Waals surface area contributed by atoms with E-state index >= 15 is 0 Å². The molecule has 19 heavy (non-hydrogen) atoms. The molecule has 3 N–H and O–H groups in total. The first-order valence-corrected chi connectivity index (χ1v) is 6.35. The molecule has 1 atom stereocenters. The number of fused-ring (bicyclic) bond motifs is 1. The number of para-hydroxylation sites is 1. The zero-order chi connectivity index (χ0) is 13.2. The molecule has 3 rings (SSSR count). The van der Waals surface area contributed by atoms with Crippen LogP contribution < -0.4 is 16.3 Å². The lowest BCUT2D eigenvalue weighted by atomic mass is 10.1. The van der Waals surface area contributed by atoms with E-state index in [4.69, 9.17) is 0 Å². The van der Waals surface area contributed by atoms with Crippen LogP contribution in [0.25, 0.3) is 0 Å². The van der Waals surface area contributed by atoms with Crippen molar-refractivity contribution in [1.82, 2.24) is 10.9 Å². The van der Waals surface area contributed by atoms with Gasteiger partial charge in [0.1, 0.15) is 11.9 Å². The number of hydrogen-bond donors (Lipinski definition) is 3. The maximum absolute atomic E-state index is 10.9. The van der Waals surface area contributed by atoms with Gasteiger partial charge in [0.15, 0.2) is 0 Å². The molecule has 1 unspecified atom stereocenters. The van der Waals surface area contributed by atoms with E-state index in [0.29, 0.717) is 5.69 Å². The van der Waals surface area contributed by atoms with Crippen molar-refractivity contribution < 1.29 is 4.92 Å². The number of nitrogens with one attached hydrogen (secondary N) is 3. The number of nitrogens with zero attached hydrogens (tertiary/aromatic N) is 2. The molecule has 1 aromatic carbocycles. The van der Waals surface area contributed by atoms with Gasteiger partial charge in [-0.05, 0) is 25.7 Å². The largest absolute Gasteiger partial charge is 0.313 e. The smallest absolute Gasteiger partial charge is 0.294 e. The van der Waals surface area contributed by atoms with Crippen LogP contribution in [0.2, 0.25) is 0 Å². The van der Waals surface area contributed by atoms with E-state index < -0.39 is 4.92 Å². The molecule has 0 radical (unpaired) electrons. The fourth-order valence-electron chi connectivity index (χ4n) is 2.46. The van der Waals surface area contributed by atoms with E-state index in [1.165, 1.54) is 24.6 Å². The highest BCUT2D eigenvalue weighted by molar-refractivity contribution is 5.85. The molecule has 1 aliphatic heterocycles. The zero-order valence-corrected chi connectivity index (χ0v) is 10.3. The van der Waals surface area contributed by atoms with Crippen LogP contribution in [-0.4, -0.2) is 10.6 Å². The molecule has 7 nitrogen and oxygen atoms in total. The Bertz CT molecular complexity index is 535. The number of benzene rings is 1. The topological polar surface area (TPSA) is 91.6 Å². The monoisotopic (exact) mass is 261 g/mol. The summed E-state index contributed by atoms with van der Waals surface area (Å²) in [6.45, 7) is 0. The van der Waals surface area contributed by atoms with Crippen LogP contribution in [0.15, 0.2) is 23.3 Å². The molecular weight excluding hydrogens is 246 g/mol. The van der Waals surface area contributed by atoms with Crippen molar-refractivity contribution >= 4 is 17.1 Å². The Morgan fingerprint density at radius 3 is 2.89 bits per heavy atom. The van der Waals surface area contributed by atoms with Crippen molar-refractivity contribution in [1.29, 1.82) is 0 Å². The minimum absolute atomic E-state index is 0.0721. The van der Waals surface area contributed by atoms with Crippen LogP contribution in [0.4, 0.5) is 11.4 Å². The van der Waals surface area contributed by atoms with Crippen molar-refractivity contribution in [3.63, 3.8) is 0 Å². The summed E-state index contributed by atoms with van der Waals surface area (Å²) in [5.41, 5.74) is 11.4. The van der Waals surface area contributed by atoms with Gasteiger partial charge in [-0.2, -0.15) is 5.10 Å². The predicted molar refractivity (Wildman–Crippen MR) is 71.6 cm³/mol. The molecule has 1 aliphatic carbocycles. The Balaban J connectivity index is 1.80. The third kappa shape index (κ3) is 2.24. The minimum Gasteiger partial charge on any atom is -0.313 e. The second-order valence-electron chi connectivity index (χ2n) is 4.72. The average Bonchev–Trinajstić information content (AvgIpc) is 3.05. The van der Waals surface area contributed by atoms with Crippen LogP contribution in [-0.2, 0) is 0 Å². The van der Waals surface area contributed by atoms with Crippen molar-refractivity contribution in [2.75, 3.05) is 5.43 Å². The van der Waals surface area contributed by atoms with Gasteiger partial charge in [-0.25, -0.2) is 5.43 Å². The predicted octanol–water partition coefficient (Wildman–Crippen LogP) is 2.04. The number of hydrazone groups is 1. The first-order valence-electron chi connectivity index (χ1n) is 6.35. The Kier molecular flexibility index (Phi) is 3.04. The molecule has 0 spiro atoms. The van der Waals surface area contributed by atoms with Crippen LogP contribution in [0, 0.1) is 10.1 Å². The zero-order valence-electron chi connectivity index (χ0n) is 10.3. The molecule has 1 fully saturated rings. The van der Waals surface area contributed by atoms with E-state index in [1.54, 1.807) is 6.07 Å². The summed E-state index contributed by atoms with van der Waals surface area (Å²) in [5, 5.41) is 15.3. The van der Waals surface area contributed by atoms with E-state index in [0.717, 1.165) is 18.4 Å². The van der Waals surface area contributed by atoms with Gasteiger partial charge in [-0.3, -0.25) is 15.5 Å². The van der Waals surface area contributed by atoms with E-state index in [1.807, 2.05) is 6.07 Å². The second-order valence-corrected chi connectivity index (χ2v) is 4.72. The summed E-state index contributed by atoms with van der Waals surface area (Å²) >= 11 is 0. The third-order valence-electron chi connectivity index (χ3n) is 3.46. The molecule has 7 heteroatoms. The Morgan fingerprint density at radius 1 is 1.37 bits per heavy atom. The summed E-state index contributed by atoms with van der Waals surface area (Å²) in [5.74, 6) is 0. The fourth-order valence-corrected chi connectivity index (χ4v) is 2.46. The summed E-state index contributed by atoms with van der Waals surface area (Å²) in [7, 11) is 0. The number of nitro groups is 1. The van der Waals surface area contributed by atoms with Crippen LogP contribution in [0.1, 0.15) is 37.4 Å². The highest BCUT2D eigenvalue weighted by Gasteiger charge is 2.28. The van der Waals surface area contributed by atoms with Crippen LogP contribution in [0.5, 0.6) is 0 Å².